The maximum Gasteiger partial charge on any atom is 0.223 e. The fraction of sp³-hybridized carbons (Fsp3) is 0.273. The molecule has 5 rings (SSSR count). The molecule has 0 aliphatic heterocycles. The Hall–Kier alpha value is -3.10. The summed E-state index contributed by atoms with van der Waals surface area (Å²) in [5.74, 6) is 0.129. The van der Waals surface area contributed by atoms with E-state index in [2.05, 4.69) is 25.3 Å². The molecule has 0 atom stereocenters. The normalized spacial score (nSPS) is 18.9. The molecule has 7 nitrogen and oxygen atoms in total. The van der Waals surface area contributed by atoms with Gasteiger partial charge in [0.25, 0.3) is 0 Å². The van der Waals surface area contributed by atoms with Crippen molar-refractivity contribution in [2.75, 3.05) is 5.32 Å². The summed E-state index contributed by atoms with van der Waals surface area (Å²) in [6.45, 7) is 0. The van der Waals surface area contributed by atoms with E-state index in [9.17, 15) is 4.39 Å². The summed E-state index contributed by atoms with van der Waals surface area (Å²) < 4.78 is 16.1. The van der Waals surface area contributed by atoms with Crippen molar-refractivity contribution in [2.24, 2.45) is 5.73 Å². The molecule has 158 valence electrons. The van der Waals surface area contributed by atoms with E-state index in [0.29, 0.717) is 33.6 Å². The molecule has 31 heavy (non-hydrogen) atoms. The first-order valence-corrected chi connectivity index (χ1v) is 10.6. The van der Waals surface area contributed by atoms with Crippen LogP contribution in [-0.2, 0) is 0 Å². The van der Waals surface area contributed by atoms with Gasteiger partial charge in [0.2, 0.25) is 5.95 Å². The molecule has 0 saturated heterocycles. The number of anilines is 1. The van der Waals surface area contributed by atoms with Crippen molar-refractivity contribution in [3.05, 3.63) is 59.9 Å². The average Bonchev–Trinajstić information content (AvgIpc) is 3.20. The molecule has 4 aromatic heterocycles. The van der Waals surface area contributed by atoms with Gasteiger partial charge in [0.1, 0.15) is 22.9 Å². The molecule has 1 aliphatic carbocycles. The van der Waals surface area contributed by atoms with Crippen molar-refractivity contribution >= 4 is 23.2 Å². The van der Waals surface area contributed by atoms with E-state index in [1.54, 1.807) is 36.9 Å². The Bertz CT molecular complexity index is 1230. The van der Waals surface area contributed by atoms with Crippen LogP contribution in [0.25, 0.3) is 28.3 Å². The molecule has 0 bridgehead atoms. The molecular weight excluding hydrogens is 417 g/mol. The van der Waals surface area contributed by atoms with E-state index >= 15 is 0 Å². The summed E-state index contributed by atoms with van der Waals surface area (Å²) in [7, 11) is 0. The van der Waals surface area contributed by atoms with E-state index in [-0.39, 0.29) is 23.6 Å². The molecule has 0 radical (unpaired) electrons. The van der Waals surface area contributed by atoms with Crippen LogP contribution in [0.5, 0.6) is 0 Å². The molecular formula is C22H21ClFN7. The fourth-order valence-corrected chi connectivity index (χ4v) is 4.14. The third kappa shape index (κ3) is 3.96. The Morgan fingerprint density at radius 2 is 1.87 bits per heavy atom. The van der Waals surface area contributed by atoms with Crippen LogP contribution in [0.1, 0.15) is 25.7 Å². The highest BCUT2D eigenvalue weighted by atomic mass is 35.5. The van der Waals surface area contributed by atoms with Crippen LogP contribution in [0.3, 0.4) is 0 Å². The third-order valence-corrected chi connectivity index (χ3v) is 5.91. The zero-order chi connectivity index (χ0) is 21.4. The van der Waals surface area contributed by atoms with Gasteiger partial charge in [0.05, 0.1) is 23.1 Å². The summed E-state index contributed by atoms with van der Waals surface area (Å²) in [5.41, 5.74) is 8.84. The third-order valence-electron chi connectivity index (χ3n) is 5.63. The van der Waals surface area contributed by atoms with E-state index in [1.165, 1.54) is 6.07 Å². The number of imidazole rings is 1. The highest BCUT2D eigenvalue weighted by Crippen LogP contribution is 2.30. The Morgan fingerprint density at radius 1 is 1.03 bits per heavy atom. The predicted molar refractivity (Wildman–Crippen MR) is 118 cm³/mol. The topological polar surface area (TPSA) is 94.0 Å². The SMILES string of the molecule is N[C@H]1CC[C@H](Nc2ncc(Cl)c(-c3cnc4ccc(-c5ncccc5F)cn34)n2)CC1. The first-order chi connectivity index (χ1) is 15.1. The van der Waals surface area contributed by atoms with Crippen LogP contribution in [-0.4, -0.2) is 36.4 Å². The average molecular weight is 438 g/mol. The van der Waals surface area contributed by atoms with Crippen molar-refractivity contribution in [3.8, 4) is 22.6 Å². The largest absolute Gasteiger partial charge is 0.351 e. The molecule has 9 heteroatoms. The Balaban J connectivity index is 1.51. The van der Waals surface area contributed by atoms with Gasteiger partial charge in [-0.25, -0.2) is 19.3 Å². The number of hydrogen-bond donors (Lipinski definition) is 2. The molecule has 1 saturated carbocycles. The monoisotopic (exact) mass is 437 g/mol. The van der Waals surface area contributed by atoms with Gasteiger partial charge in [0.15, 0.2) is 0 Å². The van der Waals surface area contributed by atoms with Gasteiger partial charge < -0.3 is 11.1 Å². The second kappa shape index (κ2) is 8.20. The lowest BCUT2D eigenvalue weighted by molar-refractivity contribution is 0.410. The quantitative estimate of drug-likeness (QED) is 0.493. The molecule has 4 heterocycles. The van der Waals surface area contributed by atoms with Crippen LogP contribution in [0, 0.1) is 5.82 Å². The lowest BCUT2D eigenvalue weighted by atomic mass is 9.92. The number of pyridine rings is 2. The highest BCUT2D eigenvalue weighted by molar-refractivity contribution is 6.32. The second-order valence-electron chi connectivity index (χ2n) is 7.77. The summed E-state index contributed by atoms with van der Waals surface area (Å²) >= 11 is 6.45. The summed E-state index contributed by atoms with van der Waals surface area (Å²) in [4.78, 5) is 17.6. The second-order valence-corrected chi connectivity index (χ2v) is 8.18. The van der Waals surface area contributed by atoms with Crippen LogP contribution in [0.2, 0.25) is 5.02 Å². The van der Waals surface area contributed by atoms with Gasteiger partial charge in [-0.05, 0) is 49.9 Å². The maximum atomic E-state index is 14.2. The van der Waals surface area contributed by atoms with E-state index in [0.717, 1.165) is 25.7 Å². The predicted octanol–water partition coefficient (Wildman–Crippen LogP) is 4.33. The van der Waals surface area contributed by atoms with Crippen molar-refractivity contribution in [2.45, 2.75) is 37.8 Å². The number of hydrogen-bond acceptors (Lipinski definition) is 6. The van der Waals surface area contributed by atoms with Gasteiger partial charge >= 0.3 is 0 Å². The Labute approximate surface area is 183 Å². The Kier molecular flexibility index (Phi) is 5.25. The number of aromatic nitrogens is 5. The minimum absolute atomic E-state index is 0.274. The lowest BCUT2D eigenvalue weighted by Gasteiger charge is -2.26. The molecule has 0 spiro atoms. The lowest BCUT2D eigenvalue weighted by Crippen LogP contribution is -2.33. The molecule has 1 fully saturated rings. The summed E-state index contributed by atoms with van der Waals surface area (Å²) in [5, 5.41) is 3.81. The number of fused-ring (bicyclic) bond motifs is 1. The van der Waals surface area contributed by atoms with Crippen LogP contribution in [0.15, 0.2) is 49.1 Å². The van der Waals surface area contributed by atoms with Gasteiger partial charge in [-0.3, -0.25) is 9.38 Å². The first kappa shape index (κ1) is 19.8. The first-order valence-electron chi connectivity index (χ1n) is 10.2. The number of nitrogens with two attached hydrogens (primary N) is 1. The highest BCUT2D eigenvalue weighted by Gasteiger charge is 2.20. The number of nitrogens with one attached hydrogen (secondary N) is 1. The van der Waals surface area contributed by atoms with Gasteiger partial charge in [-0.2, -0.15) is 0 Å². The van der Waals surface area contributed by atoms with Crippen LogP contribution >= 0.6 is 11.6 Å². The molecule has 3 N–H and O–H groups in total. The van der Waals surface area contributed by atoms with E-state index < -0.39 is 0 Å². The molecule has 4 aromatic rings. The van der Waals surface area contributed by atoms with Gasteiger partial charge in [-0.15, -0.1) is 0 Å². The smallest absolute Gasteiger partial charge is 0.223 e. The zero-order valence-corrected chi connectivity index (χ0v) is 17.4. The van der Waals surface area contributed by atoms with E-state index in [1.807, 2.05) is 10.5 Å². The zero-order valence-electron chi connectivity index (χ0n) is 16.7. The van der Waals surface area contributed by atoms with Crippen molar-refractivity contribution in [1.82, 2.24) is 24.3 Å². The van der Waals surface area contributed by atoms with Crippen LogP contribution in [0.4, 0.5) is 10.3 Å². The summed E-state index contributed by atoms with van der Waals surface area (Å²) in [6.07, 6.45) is 10.6. The fourth-order valence-electron chi connectivity index (χ4n) is 3.96. The van der Waals surface area contributed by atoms with Crippen molar-refractivity contribution in [3.63, 3.8) is 0 Å². The molecule has 0 aromatic carbocycles. The number of rotatable bonds is 4. The van der Waals surface area contributed by atoms with E-state index in [4.69, 9.17) is 17.3 Å². The Morgan fingerprint density at radius 3 is 2.68 bits per heavy atom. The molecule has 0 unspecified atom stereocenters. The molecule has 1 aliphatic rings. The van der Waals surface area contributed by atoms with Crippen molar-refractivity contribution < 1.29 is 4.39 Å². The minimum Gasteiger partial charge on any atom is -0.351 e. The minimum atomic E-state index is -0.387. The number of nitrogens with zero attached hydrogens (tertiary/aromatic N) is 5. The van der Waals surface area contributed by atoms with Gasteiger partial charge in [-0.1, -0.05) is 11.6 Å². The maximum absolute atomic E-state index is 14.2. The van der Waals surface area contributed by atoms with Crippen molar-refractivity contribution in [1.29, 1.82) is 0 Å². The summed E-state index contributed by atoms with van der Waals surface area (Å²) in [6, 6.07) is 7.12. The van der Waals surface area contributed by atoms with Gasteiger partial charge in [0, 0.05) is 30.0 Å². The molecule has 0 amide bonds. The number of halogens is 2. The standard InChI is InChI=1S/C22H21ClFN7/c23-16-10-28-22(29-15-6-4-14(25)5-7-15)30-21(16)18-11-27-19-8-3-13(12-31(18)19)20-17(24)2-1-9-26-20/h1-3,8-12,14-15H,4-7,25H2,(H,28,29,30)/t14-,15-. The van der Waals surface area contributed by atoms with Crippen LogP contribution < -0.4 is 11.1 Å².